The molecule has 1 saturated heterocycles. The van der Waals surface area contributed by atoms with Gasteiger partial charge in [0.15, 0.2) is 6.61 Å². The molecule has 6 nitrogen and oxygen atoms in total. The Bertz CT molecular complexity index is 535. The van der Waals surface area contributed by atoms with Gasteiger partial charge in [0.05, 0.1) is 6.54 Å². The molecule has 0 saturated carbocycles. The SMILES string of the molecule is CNC[C@@H]1C[C@H](F)CN1C(=O)COc1ccc(C(N)=O)cc1. The first-order valence-electron chi connectivity index (χ1n) is 7.12. The number of nitrogens with two attached hydrogens (primary N) is 1. The largest absolute Gasteiger partial charge is 0.484 e. The van der Waals surface area contributed by atoms with Crippen LogP contribution in [0.3, 0.4) is 0 Å². The van der Waals surface area contributed by atoms with Gasteiger partial charge in [-0.1, -0.05) is 0 Å². The number of carbonyl (C=O) groups is 2. The molecule has 22 heavy (non-hydrogen) atoms. The predicted octanol–water partition coefficient (Wildman–Crippen LogP) is 0.323. The number of benzene rings is 1. The van der Waals surface area contributed by atoms with Crippen LogP contribution in [0.25, 0.3) is 0 Å². The molecule has 0 radical (unpaired) electrons. The Balaban J connectivity index is 1.90. The minimum atomic E-state index is -0.989. The summed E-state index contributed by atoms with van der Waals surface area (Å²) in [4.78, 5) is 24.6. The monoisotopic (exact) mass is 309 g/mol. The average molecular weight is 309 g/mol. The van der Waals surface area contributed by atoms with Crippen LogP contribution in [0.1, 0.15) is 16.8 Å². The lowest BCUT2D eigenvalue weighted by Crippen LogP contribution is -2.43. The van der Waals surface area contributed by atoms with Crippen LogP contribution in [-0.4, -0.2) is 55.7 Å². The number of alkyl halides is 1. The van der Waals surface area contributed by atoms with Gasteiger partial charge in [0.2, 0.25) is 5.91 Å². The van der Waals surface area contributed by atoms with E-state index in [2.05, 4.69) is 5.32 Å². The van der Waals surface area contributed by atoms with Crippen molar-refractivity contribution in [2.75, 3.05) is 26.7 Å². The number of primary amides is 1. The summed E-state index contributed by atoms with van der Waals surface area (Å²) in [7, 11) is 1.77. The standard InChI is InChI=1S/C15H20FN3O3/c1-18-7-12-6-11(16)8-19(12)14(20)9-22-13-4-2-10(3-5-13)15(17)21/h2-5,11-12,18H,6-9H2,1H3,(H2,17,21)/t11-,12-/m0/s1. The van der Waals surface area contributed by atoms with Gasteiger partial charge in [-0.15, -0.1) is 0 Å². The third-order valence-corrected chi connectivity index (χ3v) is 3.62. The number of nitrogens with zero attached hydrogens (tertiary/aromatic N) is 1. The minimum absolute atomic E-state index is 0.106. The number of rotatable bonds is 6. The maximum atomic E-state index is 13.5. The van der Waals surface area contributed by atoms with E-state index in [-0.39, 0.29) is 25.1 Å². The number of amides is 2. The van der Waals surface area contributed by atoms with E-state index in [1.54, 1.807) is 19.2 Å². The number of ether oxygens (including phenoxy) is 1. The van der Waals surface area contributed by atoms with Crippen molar-refractivity contribution in [2.45, 2.75) is 18.6 Å². The van der Waals surface area contributed by atoms with Crippen molar-refractivity contribution in [1.29, 1.82) is 0 Å². The maximum absolute atomic E-state index is 13.5. The summed E-state index contributed by atoms with van der Waals surface area (Å²) >= 11 is 0. The molecule has 1 aliphatic rings. The number of nitrogens with one attached hydrogen (secondary N) is 1. The highest BCUT2D eigenvalue weighted by Gasteiger charge is 2.34. The highest BCUT2D eigenvalue weighted by Crippen LogP contribution is 2.20. The topological polar surface area (TPSA) is 84.7 Å². The van der Waals surface area contributed by atoms with Crippen LogP contribution in [0.5, 0.6) is 5.75 Å². The fourth-order valence-electron chi connectivity index (χ4n) is 2.54. The lowest BCUT2D eigenvalue weighted by Gasteiger charge is -2.24. The molecule has 1 aromatic rings. The molecule has 1 aliphatic heterocycles. The Morgan fingerprint density at radius 1 is 1.41 bits per heavy atom. The summed E-state index contributed by atoms with van der Waals surface area (Å²) in [6.07, 6.45) is -0.642. The highest BCUT2D eigenvalue weighted by molar-refractivity contribution is 5.92. The van der Waals surface area contributed by atoms with Gasteiger partial charge in [-0.05, 0) is 31.3 Å². The first-order chi connectivity index (χ1) is 10.5. The molecule has 2 rings (SSSR count). The summed E-state index contributed by atoms with van der Waals surface area (Å²) < 4.78 is 18.9. The van der Waals surface area contributed by atoms with Crippen LogP contribution in [0.4, 0.5) is 4.39 Å². The van der Waals surface area contributed by atoms with E-state index >= 15 is 0 Å². The first-order valence-corrected chi connectivity index (χ1v) is 7.12. The van der Waals surface area contributed by atoms with Crippen LogP contribution in [0, 0.1) is 0 Å². The van der Waals surface area contributed by atoms with E-state index in [0.717, 1.165) is 0 Å². The van der Waals surface area contributed by atoms with Crippen molar-refractivity contribution in [1.82, 2.24) is 10.2 Å². The quantitative estimate of drug-likeness (QED) is 0.793. The Morgan fingerprint density at radius 3 is 2.68 bits per heavy atom. The molecule has 0 aromatic heterocycles. The summed E-state index contributed by atoms with van der Waals surface area (Å²) in [6.45, 7) is 0.497. The number of hydrogen-bond donors (Lipinski definition) is 2. The normalized spacial score (nSPS) is 20.9. The molecule has 1 aromatic carbocycles. The van der Waals surface area contributed by atoms with E-state index in [1.807, 2.05) is 0 Å². The third-order valence-electron chi connectivity index (χ3n) is 3.62. The second-order valence-electron chi connectivity index (χ2n) is 5.27. The molecule has 1 fully saturated rings. The van der Waals surface area contributed by atoms with E-state index in [1.165, 1.54) is 17.0 Å². The molecule has 1 heterocycles. The van der Waals surface area contributed by atoms with Crippen LogP contribution < -0.4 is 15.8 Å². The molecule has 120 valence electrons. The molecule has 0 bridgehead atoms. The Labute approximate surface area is 128 Å². The zero-order valence-electron chi connectivity index (χ0n) is 12.4. The minimum Gasteiger partial charge on any atom is -0.484 e. The molecule has 0 spiro atoms. The van der Waals surface area contributed by atoms with E-state index in [4.69, 9.17) is 10.5 Å². The number of halogens is 1. The van der Waals surface area contributed by atoms with Crippen LogP contribution >= 0.6 is 0 Å². The zero-order chi connectivity index (χ0) is 16.1. The Hall–Kier alpha value is -2.15. The highest BCUT2D eigenvalue weighted by atomic mass is 19.1. The zero-order valence-corrected chi connectivity index (χ0v) is 12.4. The second-order valence-corrected chi connectivity index (χ2v) is 5.27. The van der Waals surface area contributed by atoms with Crippen molar-refractivity contribution >= 4 is 11.8 Å². The smallest absolute Gasteiger partial charge is 0.260 e. The number of carbonyl (C=O) groups excluding carboxylic acids is 2. The van der Waals surface area contributed by atoms with Gasteiger partial charge in [-0.3, -0.25) is 9.59 Å². The Kier molecular flexibility index (Phi) is 5.32. The summed E-state index contributed by atoms with van der Waals surface area (Å²) in [5.74, 6) is -0.317. The third kappa shape index (κ3) is 3.94. The van der Waals surface area contributed by atoms with Crippen molar-refractivity contribution in [3.63, 3.8) is 0 Å². The molecule has 0 unspecified atom stereocenters. The molecular weight excluding hydrogens is 289 g/mol. The predicted molar refractivity (Wildman–Crippen MR) is 79.4 cm³/mol. The summed E-state index contributed by atoms with van der Waals surface area (Å²) in [5, 5.41) is 2.96. The van der Waals surface area contributed by atoms with Crippen molar-refractivity contribution in [3.8, 4) is 5.75 Å². The maximum Gasteiger partial charge on any atom is 0.260 e. The lowest BCUT2D eigenvalue weighted by atomic mass is 10.2. The van der Waals surface area contributed by atoms with Gasteiger partial charge in [0.25, 0.3) is 5.91 Å². The fourth-order valence-corrected chi connectivity index (χ4v) is 2.54. The molecular formula is C15H20FN3O3. The van der Waals surface area contributed by atoms with Gasteiger partial charge in [-0.2, -0.15) is 0 Å². The summed E-state index contributed by atoms with van der Waals surface area (Å²) in [6, 6.07) is 6.05. The fraction of sp³-hybridized carbons (Fsp3) is 0.467. The molecule has 3 N–H and O–H groups in total. The van der Waals surface area contributed by atoms with Gasteiger partial charge < -0.3 is 20.7 Å². The van der Waals surface area contributed by atoms with Crippen molar-refractivity contribution in [3.05, 3.63) is 29.8 Å². The van der Waals surface area contributed by atoms with Crippen molar-refractivity contribution in [2.24, 2.45) is 5.73 Å². The second kappa shape index (κ2) is 7.22. The van der Waals surface area contributed by atoms with Crippen LogP contribution in [-0.2, 0) is 4.79 Å². The average Bonchev–Trinajstić information content (AvgIpc) is 2.86. The van der Waals surface area contributed by atoms with Gasteiger partial charge in [0, 0.05) is 24.6 Å². The summed E-state index contributed by atoms with van der Waals surface area (Å²) in [5.41, 5.74) is 5.51. The first kappa shape index (κ1) is 16.2. The van der Waals surface area contributed by atoms with E-state index < -0.39 is 12.1 Å². The number of likely N-dealkylation sites (N-methyl/N-ethyl adjacent to an activating group) is 1. The number of hydrogen-bond acceptors (Lipinski definition) is 4. The lowest BCUT2D eigenvalue weighted by molar-refractivity contribution is -0.134. The molecule has 2 amide bonds. The van der Waals surface area contributed by atoms with Gasteiger partial charge >= 0.3 is 0 Å². The molecule has 2 atom stereocenters. The Morgan fingerprint density at radius 2 is 2.09 bits per heavy atom. The molecule has 0 aliphatic carbocycles. The van der Waals surface area contributed by atoms with Crippen LogP contribution in [0.2, 0.25) is 0 Å². The molecule has 7 heteroatoms. The van der Waals surface area contributed by atoms with Crippen LogP contribution in [0.15, 0.2) is 24.3 Å². The number of likely N-dealkylation sites (tertiary alicyclic amines) is 1. The van der Waals surface area contributed by atoms with E-state index in [9.17, 15) is 14.0 Å². The van der Waals surface area contributed by atoms with E-state index in [0.29, 0.717) is 24.3 Å². The van der Waals surface area contributed by atoms with Gasteiger partial charge in [-0.25, -0.2) is 4.39 Å². The van der Waals surface area contributed by atoms with Gasteiger partial charge in [0.1, 0.15) is 11.9 Å². The van der Waals surface area contributed by atoms with Crippen molar-refractivity contribution < 1.29 is 18.7 Å².